The van der Waals surface area contributed by atoms with Gasteiger partial charge in [-0.2, -0.15) is 0 Å². The van der Waals surface area contributed by atoms with Crippen LogP contribution in [0.3, 0.4) is 0 Å². The molecule has 4 heterocycles. The summed E-state index contributed by atoms with van der Waals surface area (Å²) in [5.74, 6) is -1.21. The molecule has 6 heteroatoms. The van der Waals surface area contributed by atoms with E-state index in [1.54, 1.807) is 24.3 Å². The standard InChI is InChI=1S/C60H45FN3O.Ir/c61-54-29-28-52-51-15-8-16-53(59(51)65-60(52)58(54)48-11-5-2-6-12-48)57-32-25-42(39-64-57)19-22-45-34-43(20-17-40-23-30-55(62-37-40)47-9-3-1-4-10-47)33-44(35-45)21-18-41-24-31-56(63-38-41)50-27-26-46-13-7-14-49(46)36-50;/h1-6,8-9,11-12,15,23-26,28-39H,7,13-14,17-22H2;/q-3;+3/i2D,5D,6D,11D,12D,17D2,18D2,19D2,20D2,21D2,22D2,29D;. The van der Waals surface area contributed by atoms with E-state index in [9.17, 15) is 16.4 Å². The third-order valence-corrected chi connectivity index (χ3v) is 11.0. The molecule has 322 valence electrons. The summed E-state index contributed by atoms with van der Waals surface area (Å²) >= 11 is 0. The first-order valence-electron chi connectivity index (χ1n) is 29.8. The van der Waals surface area contributed by atoms with Gasteiger partial charge in [-0.05, 0) is 113 Å². The van der Waals surface area contributed by atoms with E-state index >= 15 is 4.39 Å². The Hall–Kier alpha value is -6.85. The number of pyridine rings is 3. The van der Waals surface area contributed by atoms with Crippen LogP contribution in [-0.4, -0.2) is 15.0 Å². The van der Waals surface area contributed by atoms with Gasteiger partial charge in [-0.1, -0.05) is 109 Å². The van der Waals surface area contributed by atoms with Crippen LogP contribution in [0.25, 0.3) is 66.8 Å². The van der Waals surface area contributed by atoms with E-state index in [1.807, 2.05) is 12.1 Å². The fraction of sp³-hybridized carbons (Fsp3) is 0.150. The number of rotatable bonds is 13. The number of halogens is 1. The minimum absolute atomic E-state index is 0. The SMILES string of the molecule is [2H]c1cc2c(oc3c(-c4ccc(C([2H])([2H])C([2H])([2H])c5cc(C([2H])([2H])C([2H])([2H])c6ccc(-c7[c-]cccc7)nc6)cc(C([2H])([2H])C([2H])([2H])c6ccc(-c7[c-]cc8c(c7)CCC8)nc6)c5)cn4)[c-]ccc32)c(-c2c([2H])c([2H])c([2H])c([2H])c2[2H])c1F.[Ir+3]. The van der Waals surface area contributed by atoms with Crippen LogP contribution in [0.2, 0.25) is 0 Å². The molecule has 0 atom stereocenters. The van der Waals surface area contributed by atoms with Gasteiger partial charge < -0.3 is 19.4 Å². The maximum atomic E-state index is 16.1. The zero-order valence-electron chi connectivity index (χ0n) is 52.7. The van der Waals surface area contributed by atoms with Crippen LogP contribution in [0.15, 0.2) is 168 Å². The van der Waals surface area contributed by atoms with Crippen molar-refractivity contribution in [1.82, 2.24) is 15.0 Å². The molecule has 1 aliphatic carbocycles. The fourth-order valence-corrected chi connectivity index (χ4v) is 7.86. The summed E-state index contributed by atoms with van der Waals surface area (Å²) < 4.78 is 186. The molecule has 0 amide bonds. The van der Waals surface area contributed by atoms with Gasteiger partial charge in [0.25, 0.3) is 0 Å². The third kappa shape index (κ3) is 9.17. The molecule has 0 saturated heterocycles. The number of hydrogen-bond donors (Lipinski definition) is 0. The predicted molar refractivity (Wildman–Crippen MR) is 259 cm³/mol. The second-order valence-electron chi connectivity index (χ2n) is 15.3. The van der Waals surface area contributed by atoms with Gasteiger partial charge in [0.05, 0.1) is 19.4 Å². The van der Waals surface area contributed by atoms with Crippen LogP contribution in [0.5, 0.6) is 0 Å². The summed E-state index contributed by atoms with van der Waals surface area (Å²) in [5, 5.41) is 0.440. The average molecular weight is 1050 g/mol. The first-order valence-corrected chi connectivity index (χ1v) is 20.8. The molecule has 0 bridgehead atoms. The summed E-state index contributed by atoms with van der Waals surface area (Å²) in [5.41, 5.74) is 0.484. The molecule has 0 fully saturated rings. The summed E-state index contributed by atoms with van der Waals surface area (Å²) in [6.45, 7) is 0. The Balaban J connectivity index is 0.00000786. The molecule has 0 unspecified atom stereocenters. The maximum absolute atomic E-state index is 16.1. The van der Waals surface area contributed by atoms with E-state index in [2.05, 4.69) is 33.2 Å². The third-order valence-electron chi connectivity index (χ3n) is 11.0. The monoisotopic (exact) mass is 1050 g/mol. The van der Waals surface area contributed by atoms with Crippen molar-refractivity contribution in [2.24, 2.45) is 0 Å². The summed E-state index contributed by atoms with van der Waals surface area (Å²) in [4.78, 5) is 13.3. The molecule has 11 rings (SSSR count). The molecule has 4 aromatic heterocycles. The van der Waals surface area contributed by atoms with Gasteiger partial charge in [0.15, 0.2) is 0 Å². The van der Waals surface area contributed by atoms with Gasteiger partial charge in [-0.15, -0.1) is 89.0 Å². The molecular formula is C60H45FIrN3O. The van der Waals surface area contributed by atoms with Crippen LogP contribution < -0.4 is 0 Å². The number of benzene rings is 6. The van der Waals surface area contributed by atoms with Crippen molar-refractivity contribution in [1.29, 1.82) is 0 Å². The Morgan fingerprint density at radius 3 is 1.79 bits per heavy atom. The second-order valence-corrected chi connectivity index (χ2v) is 15.3. The van der Waals surface area contributed by atoms with E-state index in [-0.39, 0.29) is 64.6 Å². The van der Waals surface area contributed by atoms with Crippen LogP contribution in [0.4, 0.5) is 4.39 Å². The number of nitrogens with zero attached hydrogens (tertiary/aromatic N) is 3. The van der Waals surface area contributed by atoms with Gasteiger partial charge in [-0.3, -0.25) is 0 Å². The first kappa shape index (κ1) is 26.9. The quantitative estimate of drug-likeness (QED) is 0.108. The van der Waals surface area contributed by atoms with Crippen molar-refractivity contribution >= 4 is 21.9 Å². The van der Waals surface area contributed by atoms with Crippen LogP contribution >= 0.6 is 0 Å². The van der Waals surface area contributed by atoms with E-state index in [1.165, 1.54) is 60.3 Å². The number of furan rings is 1. The Labute approximate surface area is 424 Å². The van der Waals surface area contributed by atoms with E-state index in [0.717, 1.165) is 61.5 Å². The fourth-order valence-electron chi connectivity index (χ4n) is 7.86. The smallest absolute Gasteiger partial charge is 0.500 e. The minimum atomic E-state index is -3.25. The average Bonchev–Trinajstić information content (AvgIpc) is 1.61. The summed E-state index contributed by atoms with van der Waals surface area (Å²) in [6.07, 6.45) is -12.5. The molecule has 0 N–H and O–H groups in total. The molecule has 0 radical (unpaired) electrons. The Kier molecular flexibility index (Phi) is 7.89. The molecule has 10 aromatic rings. The van der Waals surface area contributed by atoms with Gasteiger partial charge in [0.2, 0.25) is 0 Å². The van der Waals surface area contributed by atoms with Gasteiger partial charge >= 0.3 is 20.1 Å². The van der Waals surface area contributed by atoms with Gasteiger partial charge in [-0.25, -0.2) is 4.39 Å². The zero-order valence-corrected chi connectivity index (χ0v) is 37.1. The summed E-state index contributed by atoms with van der Waals surface area (Å²) in [6, 6.07) is 30.9. The molecule has 66 heavy (non-hydrogen) atoms. The summed E-state index contributed by atoms with van der Waals surface area (Å²) in [7, 11) is 0. The number of aryl methyl sites for hydroxylation is 8. The molecule has 6 aromatic carbocycles. The van der Waals surface area contributed by atoms with Crippen molar-refractivity contribution in [3.8, 4) is 44.9 Å². The molecular weight excluding hydrogens is 990 g/mol. The molecule has 0 spiro atoms. The zero-order chi connectivity index (χ0) is 59.5. The van der Waals surface area contributed by atoms with Gasteiger partial charge in [0.1, 0.15) is 11.4 Å². The topological polar surface area (TPSA) is 51.8 Å². The van der Waals surface area contributed by atoms with Crippen molar-refractivity contribution in [2.45, 2.75) is 57.5 Å². The Bertz CT molecular complexity index is 4190. The maximum Gasteiger partial charge on any atom is 3.00 e. The number of aromatic nitrogens is 3. The Morgan fingerprint density at radius 2 is 1.17 bits per heavy atom. The first-order chi connectivity index (χ1) is 39.1. The van der Waals surface area contributed by atoms with Crippen molar-refractivity contribution in [3.05, 3.63) is 233 Å². The van der Waals surface area contributed by atoms with Crippen LogP contribution in [0.1, 0.15) is 75.6 Å². The van der Waals surface area contributed by atoms with E-state index in [4.69, 9.17) is 12.6 Å². The molecule has 4 nitrogen and oxygen atoms in total. The van der Waals surface area contributed by atoms with Crippen molar-refractivity contribution in [2.75, 3.05) is 0 Å². The predicted octanol–water partition coefficient (Wildman–Crippen LogP) is 13.8. The normalized spacial score (nSPS) is 17.3. The molecule has 0 aliphatic heterocycles. The Morgan fingerprint density at radius 1 is 0.561 bits per heavy atom. The van der Waals surface area contributed by atoms with Crippen molar-refractivity contribution < 1.29 is 53.6 Å². The second kappa shape index (κ2) is 19.3. The largest absolute Gasteiger partial charge is 3.00 e. The number of hydrogen-bond acceptors (Lipinski definition) is 4. The van der Waals surface area contributed by atoms with Gasteiger partial charge in [0, 0.05) is 40.4 Å². The minimum Gasteiger partial charge on any atom is -0.500 e. The van der Waals surface area contributed by atoms with Crippen LogP contribution in [0, 0.1) is 24.0 Å². The van der Waals surface area contributed by atoms with Crippen LogP contribution in [-0.2, 0) is 71.2 Å². The molecule has 0 saturated carbocycles. The van der Waals surface area contributed by atoms with Crippen molar-refractivity contribution in [3.63, 3.8) is 0 Å². The molecule has 1 aliphatic rings. The number of fused-ring (bicyclic) bond motifs is 4. The van der Waals surface area contributed by atoms with E-state index < -0.39 is 108 Å². The van der Waals surface area contributed by atoms with E-state index in [0.29, 0.717) is 27.9 Å².